The summed E-state index contributed by atoms with van der Waals surface area (Å²) in [6.07, 6.45) is 0. The Balaban J connectivity index is 2.49. The molecule has 19 heavy (non-hydrogen) atoms. The summed E-state index contributed by atoms with van der Waals surface area (Å²) in [5.74, 6) is -0.352. The molecule has 0 saturated carbocycles. The summed E-state index contributed by atoms with van der Waals surface area (Å²) < 4.78 is 6.01. The van der Waals surface area contributed by atoms with E-state index in [0.717, 1.165) is 20.5 Å². The van der Waals surface area contributed by atoms with Crippen molar-refractivity contribution in [1.29, 1.82) is 0 Å². The summed E-state index contributed by atoms with van der Waals surface area (Å²) in [6, 6.07) is 7.92. The fourth-order valence-corrected chi connectivity index (χ4v) is 3.30. The van der Waals surface area contributed by atoms with Crippen molar-refractivity contribution in [2.24, 2.45) is 0 Å². The molecule has 0 unspecified atom stereocenters. The highest BCUT2D eigenvalue weighted by atomic mass is 79.9. The third kappa shape index (κ3) is 2.82. The molecule has 5 heteroatoms. The van der Waals surface area contributed by atoms with Crippen LogP contribution in [0, 0.1) is 6.92 Å². The van der Waals surface area contributed by atoms with Crippen molar-refractivity contribution in [1.82, 2.24) is 0 Å². The molecule has 2 aromatic rings. The van der Waals surface area contributed by atoms with Gasteiger partial charge in [-0.05, 0) is 37.1 Å². The minimum Gasteiger partial charge on any atom is -0.462 e. The third-order valence-corrected chi connectivity index (χ3v) is 4.57. The average molecular weight is 340 g/mol. The number of rotatable bonds is 3. The van der Waals surface area contributed by atoms with E-state index < -0.39 is 0 Å². The number of carbonyl (C=O) groups is 1. The molecule has 0 aliphatic carbocycles. The molecule has 2 rings (SSSR count). The van der Waals surface area contributed by atoms with E-state index in [4.69, 9.17) is 10.5 Å². The SMILES string of the molecule is CCOC(=O)c1sc(-c2cccc(Br)c2)c(C)c1N. The molecule has 0 saturated heterocycles. The first-order valence-electron chi connectivity index (χ1n) is 5.86. The van der Waals surface area contributed by atoms with Crippen LogP contribution in [0.1, 0.15) is 22.2 Å². The zero-order valence-corrected chi connectivity index (χ0v) is 13.1. The quantitative estimate of drug-likeness (QED) is 0.850. The molecular weight excluding hydrogens is 326 g/mol. The highest BCUT2D eigenvalue weighted by Crippen LogP contribution is 2.39. The number of thiophene rings is 1. The van der Waals surface area contributed by atoms with Crippen LogP contribution < -0.4 is 5.73 Å². The van der Waals surface area contributed by atoms with Crippen molar-refractivity contribution >= 4 is 38.9 Å². The van der Waals surface area contributed by atoms with Gasteiger partial charge in [-0.2, -0.15) is 0 Å². The number of carbonyl (C=O) groups excluding carboxylic acids is 1. The van der Waals surface area contributed by atoms with Crippen LogP contribution in [0.4, 0.5) is 5.69 Å². The first kappa shape index (κ1) is 14.1. The molecule has 1 heterocycles. The van der Waals surface area contributed by atoms with Crippen LogP contribution in [0.5, 0.6) is 0 Å². The highest BCUT2D eigenvalue weighted by Gasteiger charge is 2.20. The largest absolute Gasteiger partial charge is 0.462 e. The number of hydrogen-bond donors (Lipinski definition) is 1. The standard InChI is InChI=1S/C14H14BrNO2S/c1-3-18-14(17)13-11(16)8(2)12(19-13)9-5-4-6-10(15)7-9/h4-7H,3,16H2,1-2H3. The fraction of sp³-hybridized carbons (Fsp3) is 0.214. The lowest BCUT2D eigenvalue weighted by Gasteiger charge is -2.00. The van der Waals surface area contributed by atoms with Gasteiger partial charge in [-0.15, -0.1) is 11.3 Å². The molecular formula is C14H14BrNO2S. The Morgan fingerprint density at radius 1 is 1.47 bits per heavy atom. The molecule has 0 aliphatic heterocycles. The zero-order valence-electron chi connectivity index (χ0n) is 10.7. The Morgan fingerprint density at radius 2 is 2.21 bits per heavy atom. The molecule has 1 aromatic carbocycles. The molecule has 0 spiro atoms. The minimum absolute atomic E-state index is 0.349. The molecule has 3 nitrogen and oxygen atoms in total. The van der Waals surface area contributed by atoms with Crippen LogP contribution in [0.25, 0.3) is 10.4 Å². The smallest absolute Gasteiger partial charge is 0.350 e. The van der Waals surface area contributed by atoms with Crippen LogP contribution in [0.2, 0.25) is 0 Å². The van der Waals surface area contributed by atoms with Gasteiger partial charge < -0.3 is 10.5 Å². The van der Waals surface area contributed by atoms with Crippen LogP contribution in [0.3, 0.4) is 0 Å². The summed E-state index contributed by atoms with van der Waals surface area (Å²) in [5.41, 5.74) is 8.48. The lowest BCUT2D eigenvalue weighted by molar-refractivity contribution is 0.0533. The number of ether oxygens (including phenoxy) is 1. The predicted octanol–water partition coefficient (Wildman–Crippen LogP) is 4.24. The van der Waals surface area contributed by atoms with Gasteiger partial charge >= 0.3 is 5.97 Å². The zero-order chi connectivity index (χ0) is 14.0. The van der Waals surface area contributed by atoms with Gasteiger partial charge in [-0.25, -0.2) is 4.79 Å². The molecule has 0 amide bonds. The third-order valence-electron chi connectivity index (χ3n) is 2.74. The number of esters is 1. The van der Waals surface area contributed by atoms with Crippen molar-refractivity contribution in [2.45, 2.75) is 13.8 Å². The summed E-state index contributed by atoms with van der Waals surface area (Å²) in [7, 11) is 0. The predicted molar refractivity (Wildman–Crippen MR) is 82.6 cm³/mol. The number of nitrogen functional groups attached to an aromatic ring is 1. The van der Waals surface area contributed by atoms with Gasteiger partial charge in [0.2, 0.25) is 0 Å². The van der Waals surface area contributed by atoms with Crippen LogP contribution in [-0.2, 0) is 4.74 Å². The monoisotopic (exact) mass is 339 g/mol. The van der Waals surface area contributed by atoms with E-state index in [1.165, 1.54) is 11.3 Å². The number of nitrogens with two attached hydrogens (primary N) is 1. The molecule has 0 atom stereocenters. The van der Waals surface area contributed by atoms with Gasteiger partial charge in [0.1, 0.15) is 4.88 Å². The average Bonchev–Trinajstić information content (AvgIpc) is 2.67. The van der Waals surface area contributed by atoms with E-state index >= 15 is 0 Å². The fourth-order valence-electron chi connectivity index (χ4n) is 1.78. The number of halogens is 1. The Kier molecular flexibility index (Phi) is 4.27. The van der Waals surface area contributed by atoms with E-state index in [1.807, 2.05) is 31.2 Å². The lowest BCUT2D eigenvalue weighted by Crippen LogP contribution is -2.05. The molecule has 2 N–H and O–H groups in total. The van der Waals surface area contributed by atoms with Gasteiger partial charge in [-0.1, -0.05) is 28.1 Å². The Labute approximate surface area is 124 Å². The first-order chi connectivity index (χ1) is 9.04. The van der Waals surface area contributed by atoms with Gasteiger partial charge in [-0.3, -0.25) is 0 Å². The van der Waals surface area contributed by atoms with E-state index in [-0.39, 0.29) is 5.97 Å². The van der Waals surface area contributed by atoms with E-state index in [9.17, 15) is 4.79 Å². The number of anilines is 1. The van der Waals surface area contributed by atoms with Crippen molar-refractivity contribution in [3.8, 4) is 10.4 Å². The first-order valence-corrected chi connectivity index (χ1v) is 7.47. The van der Waals surface area contributed by atoms with Gasteiger partial charge in [0.05, 0.1) is 12.3 Å². The molecule has 0 radical (unpaired) electrons. The normalized spacial score (nSPS) is 10.5. The highest BCUT2D eigenvalue weighted by molar-refractivity contribution is 9.10. The molecule has 0 fully saturated rings. The number of benzene rings is 1. The molecule has 0 bridgehead atoms. The second-order valence-corrected chi connectivity index (χ2v) is 5.97. The van der Waals surface area contributed by atoms with Crippen LogP contribution in [0.15, 0.2) is 28.7 Å². The Hall–Kier alpha value is -1.33. The maximum absolute atomic E-state index is 11.8. The van der Waals surface area contributed by atoms with Crippen LogP contribution >= 0.6 is 27.3 Å². The second kappa shape index (κ2) is 5.75. The van der Waals surface area contributed by atoms with Gasteiger partial charge in [0, 0.05) is 9.35 Å². The topological polar surface area (TPSA) is 52.3 Å². The summed E-state index contributed by atoms with van der Waals surface area (Å²) >= 11 is 4.82. The molecule has 0 aliphatic rings. The summed E-state index contributed by atoms with van der Waals surface area (Å²) in [5, 5.41) is 0. The van der Waals surface area contributed by atoms with Gasteiger partial charge in [0.15, 0.2) is 0 Å². The Morgan fingerprint density at radius 3 is 2.84 bits per heavy atom. The summed E-state index contributed by atoms with van der Waals surface area (Å²) in [6.45, 7) is 4.05. The summed E-state index contributed by atoms with van der Waals surface area (Å²) in [4.78, 5) is 13.3. The van der Waals surface area contributed by atoms with Crippen molar-refractivity contribution in [3.05, 3.63) is 39.2 Å². The van der Waals surface area contributed by atoms with Crippen molar-refractivity contribution in [2.75, 3.05) is 12.3 Å². The van der Waals surface area contributed by atoms with E-state index in [2.05, 4.69) is 15.9 Å². The maximum atomic E-state index is 11.8. The molecule has 100 valence electrons. The van der Waals surface area contributed by atoms with Crippen molar-refractivity contribution < 1.29 is 9.53 Å². The van der Waals surface area contributed by atoms with Crippen molar-refractivity contribution in [3.63, 3.8) is 0 Å². The van der Waals surface area contributed by atoms with Crippen LogP contribution in [-0.4, -0.2) is 12.6 Å². The van der Waals surface area contributed by atoms with Gasteiger partial charge in [0.25, 0.3) is 0 Å². The Bertz CT molecular complexity index is 622. The number of hydrogen-bond acceptors (Lipinski definition) is 4. The minimum atomic E-state index is -0.352. The lowest BCUT2D eigenvalue weighted by atomic mass is 10.1. The maximum Gasteiger partial charge on any atom is 0.350 e. The van der Waals surface area contributed by atoms with E-state index in [1.54, 1.807) is 6.92 Å². The van der Waals surface area contributed by atoms with E-state index in [0.29, 0.717) is 17.2 Å². The molecule has 1 aromatic heterocycles. The second-order valence-electron chi connectivity index (χ2n) is 4.03.